The van der Waals surface area contributed by atoms with Crippen molar-refractivity contribution in [3.8, 4) is 0 Å². The third-order valence-electron chi connectivity index (χ3n) is 1.78. The number of rotatable bonds is 4. The Morgan fingerprint density at radius 1 is 1.69 bits per heavy atom. The molecule has 0 unspecified atom stereocenters. The minimum Gasteiger partial charge on any atom is -0.472 e. The van der Waals surface area contributed by atoms with Crippen LogP contribution in [0.2, 0.25) is 0 Å². The molecule has 1 amide bonds. The number of nitrogens with one attached hydrogen (secondary N) is 1. The predicted molar refractivity (Wildman–Crippen MR) is 50.0 cm³/mol. The van der Waals surface area contributed by atoms with E-state index in [2.05, 4.69) is 11.9 Å². The van der Waals surface area contributed by atoms with Crippen LogP contribution in [0, 0.1) is 0 Å². The molecule has 1 N–H and O–H groups in total. The van der Waals surface area contributed by atoms with Crippen molar-refractivity contribution >= 4 is 5.91 Å². The molecule has 0 saturated heterocycles. The normalized spacial score (nSPS) is 9.62. The maximum absolute atomic E-state index is 11.2. The van der Waals surface area contributed by atoms with Crippen molar-refractivity contribution in [1.29, 1.82) is 0 Å². The van der Waals surface area contributed by atoms with Crippen LogP contribution in [0.15, 0.2) is 35.2 Å². The lowest BCUT2D eigenvalue weighted by molar-refractivity contribution is -0.117. The van der Waals surface area contributed by atoms with Gasteiger partial charge in [-0.3, -0.25) is 4.79 Å². The van der Waals surface area contributed by atoms with Gasteiger partial charge in [-0.25, -0.2) is 0 Å². The van der Waals surface area contributed by atoms with Gasteiger partial charge in [-0.2, -0.15) is 0 Å². The van der Waals surface area contributed by atoms with Crippen LogP contribution >= 0.6 is 0 Å². The third-order valence-corrected chi connectivity index (χ3v) is 1.78. The molecule has 0 radical (unpaired) electrons. The minimum atomic E-state index is -0.0938. The first kappa shape index (κ1) is 9.58. The summed E-state index contributed by atoms with van der Waals surface area (Å²) < 4.78 is 4.86. The second-order valence-electron chi connectivity index (χ2n) is 2.77. The lowest BCUT2D eigenvalue weighted by Gasteiger charge is -2.03. The molecule has 0 aliphatic carbocycles. The van der Waals surface area contributed by atoms with Gasteiger partial charge < -0.3 is 9.73 Å². The Morgan fingerprint density at radius 3 is 3.00 bits per heavy atom. The monoisotopic (exact) mass is 179 g/mol. The Labute approximate surface area is 77.4 Å². The summed E-state index contributed by atoms with van der Waals surface area (Å²) in [6.45, 7) is 6.03. The zero-order valence-corrected chi connectivity index (χ0v) is 7.67. The van der Waals surface area contributed by atoms with E-state index in [1.807, 2.05) is 13.0 Å². The van der Waals surface area contributed by atoms with Gasteiger partial charge in [-0.1, -0.05) is 13.5 Å². The van der Waals surface area contributed by atoms with Crippen molar-refractivity contribution in [3.63, 3.8) is 0 Å². The summed E-state index contributed by atoms with van der Waals surface area (Å²) in [4.78, 5) is 11.2. The van der Waals surface area contributed by atoms with Crippen molar-refractivity contribution in [3.05, 3.63) is 36.3 Å². The molecule has 0 saturated carbocycles. The van der Waals surface area contributed by atoms with E-state index < -0.39 is 0 Å². The standard InChI is InChI=1S/C10H13NO2/c1-3-8(2)10(12)11-6-9-4-5-13-7-9/h4-5,7H,2-3,6H2,1H3,(H,11,12). The molecule has 70 valence electrons. The molecule has 1 aromatic heterocycles. The van der Waals surface area contributed by atoms with E-state index in [0.29, 0.717) is 18.5 Å². The minimum absolute atomic E-state index is 0.0938. The Bertz CT molecular complexity index is 288. The van der Waals surface area contributed by atoms with Gasteiger partial charge in [0.05, 0.1) is 12.5 Å². The molecule has 1 rings (SSSR count). The molecule has 0 fully saturated rings. The van der Waals surface area contributed by atoms with Crippen LogP contribution in [0.3, 0.4) is 0 Å². The van der Waals surface area contributed by atoms with E-state index in [0.717, 1.165) is 5.56 Å². The molecular weight excluding hydrogens is 166 g/mol. The molecule has 13 heavy (non-hydrogen) atoms. The van der Waals surface area contributed by atoms with E-state index >= 15 is 0 Å². The van der Waals surface area contributed by atoms with E-state index in [4.69, 9.17) is 4.42 Å². The highest BCUT2D eigenvalue weighted by molar-refractivity contribution is 5.92. The molecule has 1 heterocycles. The summed E-state index contributed by atoms with van der Waals surface area (Å²) in [6, 6.07) is 1.81. The van der Waals surface area contributed by atoms with Crippen LogP contribution in [0.4, 0.5) is 0 Å². The molecule has 0 spiro atoms. The summed E-state index contributed by atoms with van der Waals surface area (Å²) in [5.74, 6) is -0.0938. The van der Waals surface area contributed by atoms with Crippen molar-refractivity contribution in [2.75, 3.05) is 0 Å². The van der Waals surface area contributed by atoms with Gasteiger partial charge in [0.15, 0.2) is 0 Å². The number of carbonyl (C=O) groups excluding carboxylic acids is 1. The lowest BCUT2D eigenvalue weighted by atomic mass is 10.2. The first-order valence-corrected chi connectivity index (χ1v) is 4.21. The smallest absolute Gasteiger partial charge is 0.246 e. The van der Waals surface area contributed by atoms with Gasteiger partial charge in [-0.05, 0) is 12.5 Å². The summed E-state index contributed by atoms with van der Waals surface area (Å²) >= 11 is 0. The van der Waals surface area contributed by atoms with Crippen LogP contribution in [-0.4, -0.2) is 5.91 Å². The number of hydrogen-bond donors (Lipinski definition) is 1. The number of furan rings is 1. The topological polar surface area (TPSA) is 42.2 Å². The maximum atomic E-state index is 11.2. The molecule has 3 heteroatoms. The molecule has 0 aliphatic heterocycles. The van der Waals surface area contributed by atoms with E-state index in [1.165, 1.54) is 0 Å². The van der Waals surface area contributed by atoms with Crippen LogP contribution in [-0.2, 0) is 11.3 Å². The van der Waals surface area contributed by atoms with Crippen molar-refractivity contribution in [2.24, 2.45) is 0 Å². The van der Waals surface area contributed by atoms with Crippen molar-refractivity contribution < 1.29 is 9.21 Å². The zero-order chi connectivity index (χ0) is 9.68. The SMILES string of the molecule is C=C(CC)C(=O)NCc1ccoc1. The molecular formula is C10H13NO2. The Hall–Kier alpha value is -1.51. The molecule has 0 aromatic carbocycles. The molecule has 0 atom stereocenters. The summed E-state index contributed by atoms with van der Waals surface area (Å²) in [7, 11) is 0. The van der Waals surface area contributed by atoms with Crippen LogP contribution in [0.5, 0.6) is 0 Å². The van der Waals surface area contributed by atoms with Gasteiger partial charge >= 0.3 is 0 Å². The first-order chi connectivity index (χ1) is 6.24. The third kappa shape index (κ3) is 2.78. The van der Waals surface area contributed by atoms with Gasteiger partial charge in [-0.15, -0.1) is 0 Å². The van der Waals surface area contributed by atoms with Gasteiger partial charge in [0.1, 0.15) is 0 Å². The summed E-state index contributed by atoms with van der Waals surface area (Å²) in [6.07, 6.45) is 3.86. The maximum Gasteiger partial charge on any atom is 0.246 e. The second kappa shape index (κ2) is 4.50. The van der Waals surface area contributed by atoms with E-state index in [-0.39, 0.29) is 5.91 Å². The Kier molecular flexibility index (Phi) is 3.31. The van der Waals surface area contributed by atoms with Gasteiger partial charge in [0.2, 0.25) is 5.91 Å². The fourth-order valence-electron chi connectivity index (χ4n) is 0.861. The molecule has 1 aromatic rings. The van der Waals surface area contributed by atoms with E-state index in [1.54, 1.807) is 12.5 Å². The van der Waals surface area contributed by atoms with Crippen LogP contribution in [0.1, 0.15) is 18.9 Å². The first-order valence-electron chi connectivity index (χ1n) is 4.21. The van der Waals surface area contributed by atoms with Gasteiger partial charge in [0.25, 0.3) is 0 Å². The highest BCUT2D eigenvalue weighted by Crippen LogP contribution is 2.00. The summed E-state index contributed by atoms with van der Waals surface area (Å²) in [5.41, 5.74) is 1.56. The predicted octanol–water partition coefficient (Wildman–Crippen LogP) is 1.86. The summed E-state index contributed by atoms with van der Waals surface area (Å²) in [5, 5.41) is 2.74. The van der Waals surface area contributed by atoms with Crippen molar-refractivity contribution in [2.45, 2.75) is 19.9 Å². The van der Waals surface area contributed by atoms with Crippen LogP contribution < -0.4 is 5.32 Å². The number of amides is 1. The molecule has 0 bridgehead atoms. The average molecular weight is 179 g/mol. The fourth-order valence-corrected chi connectivity index (χ4v) is 0.861. The highest BCUT2D eigenvalue weighted by Gasteiger charge is 2.03. The molecule has 3 nitrogen and oxygen atoms in total. The van der Waals surface area contributed by atoms with Crippen molar-refractivity contribution in [1.82, 2.24) is 5.32 Å². The zero-order valence-electron chi connectivity index (χ0n) is 7.67. The second-order valence-corrected chi connectivity index (χ2v) is 2.77. The average Bonchev–Trinajstić information content (AvgIpc) is 2.65. The lowest BCUT2D eigenvalue weighted by Crippen LogP contribution is -2.23. The largest absolute Gasteiger partial charge is 0.472 e. The Morgan fingerprint density at radius 2 is 2.46 bits per heavy atom. The van der Waals surface area contributed by atoms with Crippen LogP contribution in [0.25, 0.3) is 0 Å². The Balaban J connectivity index is 2.35. The van der Waals surface area contributed by atoms with E-state index in [9.17, 15) is 4.79 Å². The fraction of sp³-hybridized carbons (Fsp3) is 0.300. The number of carbonyl (C=O) groups is 1. The number of hydrogen-bond acceptors (Lipinski definition) is 2. The highest BCUT2D eigenvalue weighted by atomic mass is 16.3. The van der Waals surface area contributed by atoms with Gasteiger partial charge in [0, 0.05) is 17.7 Å². The quantitative estimate of drug-likeness (QED) is 0.717. The molecule has 0 aliphatic rings.